The van der Waals surface area contributed by atoms with Gasteiger partial charge in [0.2, 0.25) is 0 Å². The number of ketones is 1. The molecule has 19 heavy (non-hydrogen) atoms. The van der Waals surface area contributed by atoms with E-state index in [1.165, 1.54) is 0 Å². The third-order valence-electron chi connectivity index (χ3n) is 4.52. The van der Waals surface area contributed by atoms with Gasteiger partial charge in [0.15, 0.2) is 0 Å². The van der Waals surface area contributed by atoms with Crippen LogP contribution in [0.5, 0.6) is 0 Å². The van der Waals surface area contributed by atoms with Gasteiger partial charge < -0.3 is 10.2 Å². The lowest BCUT2D eigenvalue weighted by Gasteiger charge is -2.29. The van der Waals surface area contributed by atoms with E-state index >= 15 is 0 Å². The van der Waals surface area contributed by atoms with Crippen LogP contribution in [0.15, 0.2) is 30.3 Å². The van der Waals surface area contributed by atoms with E-state index in [9.17, 15) is 9.90 Å². The average Bonchev–Trinajstić information content (AvgIpc) is 2.65. The SMILES string of the molecule is C[C@]1(Cc2ccccc2)C(=O)C(CCO)C[C@@H]1CO. The molecule has 3 nitrogen and oxygen atoms in total. The summed E-state index contributed by atoms with van der Waals surface area (Å²) in [7, 11) is 0. The van der Waals surface area contributed by atoms with E-state index < -0.39 is 5.41 Å². The van der Waals surface area contributed by atoms with Crippen molar-refractivity contribution in [3.63, 3.8) is 0 Å². The number of hydrogen-bond donors (Lipinski definition) is 2. The number of hydrogen-bond acceptors (Lipinski definition) is 3. The summed E-state index contributed by atoms with van der Waals surface area (Å²) in [5, 5.41) is 18.6. The van der Waals surface area contributed by atoms with E-state index in [2.05, 4.69) is 0 Å². The zero-order valence-corrected chi connectivity index (χ0v) is 11.4. The quantitative estimate of drug-likeness (QED) is 0.851. The van der Waals surface area contributed by atoms with Gasteiger partial charge in [-0.1, -0.05) is 37.3 Å². The summed E-state index contributed by atoms with van der Waals surface area (Å²) in [4.78, 5) is 12.6. The van der Waals surface area contributed by atoms with Crippen molar-refractivity contribution < 1.29 is 15.0 Å². The maximum Gasteiger partial charge on any atom is 0.142 e. The highest BCUT2D eigenvalue weighted by Crippen LogP contribution is 2.46. The van der Waals surface area contributed by atoms with Gasteiger partial charge in [-0.25, -0.2) is 0 Å². The average molecular weight is 262 g/mol. The molecular weight excluding hydrogens is 240 g/mol. The second kappa shape index (κ2) is 5.85. The predicted molar refractivity (Wildman–Crippen MR) is 73.6 cm³/mol. The zero-order valence-electron chi connectivity index (χ0n) is 11.4. The Morgan fingerprint density at radius 1 is 1.26 bits per heavy atom. The van der Waals surface area contributed by atoms with Gasteiger partial charge in [-0.15, -0.1) is 0 Å². The van der Waals surface area contributed by atoms with Gasteiger partial charge in [-0.05, 0) is 30.7 Å². The van der Waals surface area contributed by atoms with E-state index in [0.717, 1.165) is 5.56 Å². The summed E-state index contributed by atoms with van der Waals surface area (Å²) in [6.45, 7) is 2.04. The highest BCUT2D eigenvalue weighted by molar-refractivity contribution is 5.89. The van der Waals surface area contributed by atoms with Crippen molar-refractivity contribution in [1.82, 2.24) is 0 Å². The maximum absolute atomic E-state index is 12.6. The molecule has 1 aromatic rings. The van der Waals surface area contributed by atoms with Gasteiger partial charge in [-0.2, -0.15) is 0 Å². The molecule has 0 aromatic heterocycles. The molecule has 0 spiro atoms. The molecular formula is C16H22O3. The number of rotatable bonds is 5. The monoisotopic (exact) mass is 262 g/mol. The molecule has 0 bridgehead atoms. The van der Waals surface area contributed by atoms with Gasteiger partial charge >= 0.3 is 0 Å². The molecule has 0 saturated heterocycles. The third-order valence-corrected chi connectivity index (χ3v) is 4.52. The van der Waals surface area contributed by atoms with Gasteiger partial charge in [-0.3, -0.25) is 4.79 Å². The fourth-order valence-corrected chi connectivity index (χ4v) is 3.31. The Hall–Kier alpha value is -1.19. The smallest absolute Gasteiger partial charge is 0.142 e. The van der Waals surface area contributed by atoms with Crippen LogP contribution in [0.1, 0.15) is 25.3 Å². The van der Waals surface area contributed by atoms with Gasteiger partial charge in [0.05, 0.1) is 0 Å². The van der Waals surface area contributed by atoms with E-state index in [4.69, 9.17) is 5.11 Å². The van der Waals surface area contributed by atoms with Crippen LogP contribution in [0, 0.1) is 17.3 Å². The molecule has 0 radical (unpaired) electrons. The van der Waals surface area contributed by atoms with Crippen LogP contribution < -0.4 is 0 Å². The van der Waals surface area contributed by atoms with Crippen LogP contribution in [-0.4, -0.2) is 29.2 Å². The molecule has 0 aliphatic heterocycles. The van der Waals surface area contributed by atoms with Crippen LogP contribution in [0.4, 0.5) is 0 Å². The summed E-state index contributed by atoms with van der Waals surface area (Å²) in [5.41, 5.74) is 0.622. The van der Waals surface area contributed by atoms with Crippen LogP contribution in [0.3, 0.4) is 0 Å². The maximum atomic E-state index is 12.6. The minimum absolute atomic E-state index is 0.00300. The topological polar surface area (TPSA) is 57.5 Å². The summed E-state index contributed by atoms with van der Waals surface area (Å²) in [5.74, 6) is 0.0945. The summed E-state index contributed by atoms with van der Waals surface area (Å²) in [6.07, 6.45) is 1.87. The van der Waals surface area contributed by atoms with Crippen LogP contribution in [0.2, 0.25) is 0 Å². The fraction of sp³-hybridized carbons (Fsp3) is 0.562. The molecule has 1 aliphatic carbocycles. The largest absolute Gasteiger partial charge is 0.396 e. The Kier molecular flexibility index (Phi) is 4.38. The Morgan fingerprint density at radius 3 is 2.53 bits per heavy atom. The fourth-order valence-electron chi connectivity index (χ4n) is 3.31. The number of benzene rings is 1. The molecule has 2 N–H and O–H groups in total. The summed E-state index contributed by atoms with van der Waals surface area (Å²) in [6, 6.07) is 9.94. The van der Waals surface area contributed by atoms with Crippen LogP contribution in [0.25, 0.3) is 0 Å². The molecule has 2 rings (SSSR count). The molecule has 104 valence electrons. The second-order valence-electron chi connectivity index (χ2n) is 5.77. The Bertz CT molecular complexity index is 429. The predicted octanol–water partition coefficient (Wildman–Crippen LogP) is 1.82. The highest BCUT2D eigenvalue weighted by Gasteiger charge is 2.50. The van der Waals surface area contributed by atoms with E-state index in [1.807, 2.05) is 37.3 Å². The van der Waals surface area contributed by atoms with Crippen molar-refractivity contribution in [2.45, 2.75) is 26.2 Å². The standard InChI is InChI=1S/C16H22O3/c1-16(10-12-5-3-2-4-6-12)14(11-18)9-13(7-8-17)15(16)19/h2-6,13-14,17-18H,7-11H2,1H3/t13?,14-,16-/m1/s1. The number of aliphatic hydroxyl groups excluding tert-OH is 2. The molecule has 3 atom stereocenters. The van der Waals surface area contributed by atoms with Crippen molar-refractivity contribution in [1.29, 1.82) is 0 Å². The van der Waals surface area contributed by atoms with Crippen molar-refractivity contribution >= 4 is 5.78 Å². The molecule has 1 saturated carbocycles. The first kappa shape index (κ1) is 14.2. The Labute approximate surface area is 114 Å². The molecule has 1 unspecified atom stereocenters. The van der Waals surface area contributed by atoms with Crippen LogP contribution >= 0.6 is 0 Å². The number of carbonyl (C=O) groups is 1. The van der Waals surface area contributed by atoms with Gasteiger partial charge in [0.1, 0.15) is 5.78 Å². The molecule has 1 aromatic carbocycles. The number of aliphatic hydroxyl groups is 2. The molecule has 0 heterocycles. The first-order valence-corrected chi connectivity index (χ1v) is 6.91. The second-order valence-corrected chi connectivity index (χ2v) is 5.77. The number of Topliss-reactive ketones (excluding diaryl/α,β-unsaturated/α-hetero) is 1. The van der Waals surface area contributed by atoms with E-state index in [0.29, 0.717) is 19.3 Å². The molecule has 1 aliphatic rings. The van der Waals surface area contributed by atoms with Crippen LogP contribution in [-0.2, 0) is 11.2 Å². The summed E-state index contributed by atoms with van der Waals surface area (Å²) >= 11 is 0. The minimum atomic E-state index is -0.504. The lowest BCUT2D eigenvalue weighted by Crippen LogP contribution is -2.34. The first-order chi connectivity index (χ1) is 9.11. The van der Waals surface area contributed by atoms with Crippen molar-refractivity contribution in [2.24, 2.45) is 17.3 Å². The third kappa shape index (κ3) is 2.72. The first-order valence-electron chi connectivity index (χ1n) is 6.91. The van der Waals surface area contributed by atoms with Crippen molar-refractivity contribution in [2.75, 3.05) is 13.2 Å². The van der Waals surface area contributed by atoms with Gasteiger partial charge in [0, 0.05) is 24.5 Å². The van der Waals surface area contributed by atoms with E-state index in [-0.39, 0.29) is 30.8 Å². The Morgan fingerprint density at radius 2 is 1.95 bits per heavy atom. The lowest BCUT2D eigenvalue weighted by molar-refractivity contribution is -0.130. The summed E-state index contributed by atoms with van der Waals surface area (Å²) < 4.78 is 0. The normalized spacial score (nSPS) is 30.8. The van der Waals surface area contributed by atoms with Crippen molar-refractivity contribution in [3.8, 4) is 0 Å². The van der Waals surface area contributed by atoms with Gasteiger partial charge in [0.25, 0.3) is 0 Å². The molecule has 1 fully saturated rings. The minimum Gasteiger partial charge on any atom is -0.396 e. The Balaban J connectivity index is 2.21. The lowest BCUT2D eigenvalue weighted by atomic mass is 9.74. The van der Waals surface area contributed by atoms with Crippen molar-refractivity contribution in [3.05, 3.63) is 35.9 Å². The molecule has 3 heteroatoms. The number of carbonyl (C=O) groups excluding carboxylic acids is 1. The molecule has 0 amide bonds. The van der Waals surface area contributed by atoms with E-state index in [1.54, 1.807) is 0 Å². The highest BCUT2D eigenvalue weighted by atomic mass is 16.3. The zero-order chi connectivity index (χ0) is 13.9.